The fourth-order valence-corrected chi connectivity index (χ4v) is 2.46. The van der Waals surface area contributed by atoms with Gasteiger partial charge in [-0.1, -0.05) is 18.3 Å². The lowest BCUT2D eigenvalue weighted by Crippen LogP contribution is -2.09. The van der Waals surface area contributed by atoms with Crippen LogP contribution in [0.15, 0.2) is 40.9 Å². The molecule has 98 valence electrons. The van der Waals surface area contributed by atoms with Crippen LogP contribution in [0.1, 0.15) is 11.1 Å². The Hall–Kier alpha value is -1.46. The van der Waals surface area contributed by atoms with Crippen LogP contribution >= 0.6 is 28.1 Å². The molecule has 0 spiro atoms. The molecule has 0 aliphatic carbocycles. The molecule has 0 radical (unpaired) electrons. The van der Waals surface area contributed by atoms with E-state index in [1.807, 2.05) is 6.92 Å². The molecule has 2 rings (SSSR count). The van der Waals surface area contributed by atoms with Crippen LogP contribution in [0.25, 0.3) is 0 Å². The Balaban J connectivity index is 2.31. The van der Waals surface area contributed by atoms with E-state index in [1.165, 1.54) is 6.07 Å². The fraction of sp³-hybridized carbons (Fsp3) is 0.0714. The van der Waals surface area contributed by atoms with Crippen molar-refractivity contribution in [3.05, 3.63) is 57.8 Å². The van der Waals surface area contributed by atoms with Crippen molar-refractivity contribution < 1.29 is 9.13 Å². The van der Waals surface area contributed by atoms with Crippen molar-refractivity contribution in [2.45, 2.75) is 6.92 Å². The molecule has 19 heavy (non-hydrogen) atoms. The Kier molecular flexibility index (Phi) is 4.17. The standard InChI is InChI=1S/C14H11BrFNOS/c1-8-2-5-12(16)13(6-8)18-9-3-4-10(14(17)19)11(15)7-9/h2-7H,1H3,(H2,17,19). The number of halogens is 2. The van der Waals surface area contributed by atoms with Gasteiger partial charge in [-0.25, -0.2) is 4.39 Å². The third kappa shape index (κ3) is 3.30. The predicted octanol–water partition coefficient (Wildman–Crippen LogP) is 4.32. The molecular weight excluding hydrogens is 329 g/mol. The minimum Gasteiger partial charge on any atom is -0.454 e. The van der Waals surface area contributed by atoms with Crippen molar-refractivity contribution in [3.63, 3.8) is 0 Å². The Labute approximate surface area is 124 Å². The molecule has 0 aliphatic rings. The lowest BCUT2D eigenvalue weighted by molar-refractivity contribution is 0.441. The summed E-state index contributed by atoms with van der Waals surface area (Å²) in [7, 11) is 0. The van der Waals surface area contributed by atoms with Gasteiger partial charge >= 0.3 is 0 Å². The van der Waals surface area contributed by atoms with Gasteiger partial charge in [-0.15, -0.1) is 0 Å². The Morgan fingerprint density at radius 3 is 2.63 bits per heavy atom. The van der Waals surface area contributed by atoms with Crippen molar-refractivity contribution in [2.24, 2.45) is 5.73 Å². The Morgan fingerprint density at radius 1 is 1.26 bits per heavy atom. The van der Waals surface area contributed by atoms with Crippen molar-refractivity contribution in [1.29, 1.82) is 0 Å². The summed E-state index contributed by atoms with van der Waals surface area (Å²) in [5.74, 6) is 0.298. The maximum atomic E-state index is 13.6. The lowest BCUT2D eigenvalue weighted by atomic mass is 10.2. The quantitative estimate of drug-likeness (QED) is 0.845. The van der Waals surface area contributed by atoms with Gasteiger partial charge < -0.3 is 10.5 Å². The van der Waals surface area contributed by atoms with Gasteiger partial charge in [0.25, 0.3) is 0 Å². The van der Waals surface area contributed by atoms with Crippen LogP contribution in [0.5, 0.6) is 11.5 Å². The highest BCUT2D eigenvalue weighted by molar-refractivity contribution is 9.10. The lowest BCUT2D eigenvalue weighted by Gasteiger charge is -2.09. The number of nitrogens with two attached hydrogens (primary N) is 1. The van der Waals surface area contributed by atoms with Gasteiger partial charge in [-0.05, 0) is 58.7 Å². The third-order valence-electron chi connectivity index (χ3n) is 2.52. The molecule has 0 amide bonds. The van der Waals surface area contributed by atoms with Crippen molar-refractivity contribution in [3.8, 4) is 11.5 Å². The second-order valence-corrected chi connectivity index (χ2v) is 5.34. The molecule has 0 unspecified atom stereocenters. The predicted molar refractivity (Wildman–Crippen MR) is 81.2 cm³/mol. The summed E-state index contributed by atoms with van der Waals surface area (Å²) >= 11 is 8.26. The van der Waals surface area contributed by atoms with E-state index < -0.39 is 5.82 Å². The average Bonchev–Trinajstić information content (AvgIpc) is 2.33. The highest BCUT2D eigenvalue weighted by Gasteiger charge is 2.08. The Morgan fingerprint density at radius 2 is 2.00 bits per heavy atom. The summed E-state index contributed by atoms with van der Waals surface area (Å²) in [6.45, 7) is 1.87. The zero-order valence-electron chi connectivity index (χ0n) is 10.1. The summed E-state index contributed by atoms with van der Waals surface area (Å²) in [6.07, 6.45) is 0. The number of ether oxygens (including phenoxy) is 1. The third-order valence-corrected chi connectivity index (χ3v) is 3.40. The molecule has 0 aromatic heterocycles. The molecule has 0 aliphatic heterocycles. The van der Waals surface area contributed by atoms with Crippen LogP contribution < -0.4 is 10.5 Å². The molecule has 0 atom stereocenters. The van der Waals surface area contributed by atoms with Gasteiger partial charge in [0.1, 0.15) is 10.7 Å². The molecule has 0 bridgehead atoms. The maximum absolute atomic E-state index is 13.6. The van der Waals surface area contributed by atoms with Crippen LogP contribution in [-0.4, -0.2) is 4.99 Å². The number of thiocarbonyl (C=S) groups is 1. The van der Waals surface area contributed by atoms with Crippen LogP contribution in [0, 0.1) is 12.7 Å². The van der Waals surface area contributed by atoms with E-state index in [2.05, 4.69) is 15.9 Å². The van der Waals surface area contributed by atoms with Gasteiger partial charge in [-0.3, -0.25) is 0 Å². The van der Waals surface area contributed by atoms with E-state index in [0.717, 1.165) is 5.56 Å². The molecule has 2 N–H and O–H groups in total. The topological polar surface area (TPSA) is 35.2 Å². The molecule has 5 heteroatoms. The van der Waals surface area contributed by atoms with Crippen molar-refractivity contribution >= 4 is 33.1 Å². The van der Waals surface area contributed by atoms with Crippen LogP contribution in [0.3, 0.4) is 0 Å². The van der Waals surface area contributed by atoms with Gasteiger partial charge in [0, 0.05) is 10.0 Å². The summed E-state index contributed by atoms with van der Waals surface area (Å²) in [4.78, 5) is 0.292. The summed E-state index contributed by atoms with van der Waals surface area (Å²) in [6, 6.07) is 9.84. The number of aryl methyl sites for hydroxylation is 1. The van der Waals surface area contributed by atoms with Gasteiger partial charge in [0.05, 0.1) is 0 Å². The first kappa shape index (κ1) is 14.0. The van der Waals surface area contributed by atoms with Crippen LogP contribution in [-0.2, 0) is 0 Å². The molecule has 0 fully saturated rings. The van der Waals surface area contributed by atoms with E-state index >= 15 is 0 Å². The van der Waals surface area contributed by atoms with E-state index in [0.29, 0.717) is 20.8 Å². The summed E-state index contributed by atoms with van der Waals surface area (Å²) in [5.41, 5.74) is 7.20. The minimum atomic E-state index is -0.403. The second kappa shape index (κ2) is 5.67. The van der Waals surface area contributed by atoms with Crippen LogP contribution in [0.2, 0.25) is 0 Å². The SMILES string of the molecule is Cc1ccc(F)c(Oc2ccc(C(N)=S)c(Br)c2)c1. The molecule has 0 saturated carbocycles. The second-order valence-electron chi connectivity index (χ2n) is 4.04. The summed E-state index contributed by atoms with van der Waals surface area (Å²) < 4.78 is 19.8. The molecule has 2 aromatic rings. The molecule has 0 saturated heterocycles. The van der Waals surface area contributed by atoms with E-state index in [1.54, 1.807) is 30.3 Å². The van der Waals surface area contributed by atoms with Crippen molar-refractivity contribution in [1.82, 2.24) is 0 Å². The van der Waals surface area contributed by atoms with E-state index in [4.69, 9.17) is 22.7 Å². The number of hydrogen-bond donors (Lipinski definition) is 1. The average molecular weight is 340 g/mol. The van der Waals surface area contributed by atoms with Crippen LogP contribution in [0.4, 0.5) is 4.39 Å². The molecule has 0 heterocycles. The molecular formula is C14H11BrFNOS. The zero-order valence-corrected chi connectivity index (χ0v) is 12.5. The molecule has 2 nitrogen and oxygen atoms in total. The maximum Gasteiger partial charge on any atom is 0.165 e. The van der Waals surface area contributed by atoms with E-state index in [-0.39, 0.29) is 5.75 Å². The monoisotopic (exact) mass is 339 g/mol. The Bertz CT molecular complexity index is 645. The highest BCUT2D eigenvalue weighted by atomic mass is 79.9. The number of rotatable bonds is 3. The first-order valence-corrected chi connectivity index (χ1v) is 6.71. The fourth-order valence-electron chi connectivity index (χ4n) is 1.57. The highest BCUT2D eigenvalue weighted by Crippen LogP contribution is 2.29. The minimum absolute atomic E-state index is 0.190. The zero-order chi connectivity index (χ0) is 14.0. The normalized spacial score (nSPS) is 10.3. The van der Waals surface area contributed by atoms with E-state index in [9.17, 15) is 4.39 Å². The van der Waals surface area contributed by atoms with Gasteiger partial charge in [0.2, 0.25) is 0 Å². The smallest absolute Gasteiger partial charge is 0.165 e. The number of hydrogen-bond acceptors (Lipinski definition) is 2. The largest absolute Gasteiger partial charge is 0.454 e. The summed E-state index contributed by atoms with van der Waals surface area (Å²) in [5, 5.41) is 0. The first-order valence-electron chi connectivity index (χ1n) is 5.51. The van der Waals surface area contributed by atoms with Gasteiger partial charge in [-0.2, -0.15) is 0 Å². The molecule has 2 aromatic carbocycles. The first-order chi connectivity index (χ1) is 8.97. The van der Waals surface area contributed by atoms with Crippen molar-refractivity contribution in [2.75, 3.05) is 0 Å². The number of benzene rings is 2. The van der Waals surface area contributed by atoms with Gasteiger partial charge in [0.15, 0.2) is 11.6 Å².